The number of nitrogens with zero attached hydrogens (tertiary/aromatic N) is 7. The largest absolute Gasteiger partial charge is 0.574 e. The minimum absolute atomic E-state index is 0. The normalized spacial score (nSPS) is 11.2. The molecule has 0 N–H and O–H groups in total. The van der Waals surface area contributed by atoms with Crippen molar-refractivity contribution in [1.82, 2.24) is 24.3 Å². The first-order valence-electron chi connectivity index (χ1n) is 14.1. The van der Waals surface area contributed by atoms with Gasteiger partial charge in [-0.1, -0.05) is 40.3 Å². The van der Waals surface area contributed by atoms with Crippen LogP contribution in [0.2, 0.25) is 0 Å². The number of halogens is 6. The van der Waals surface area contributed by atoms with Crippen molar-refractivity contribution in [1.29, 1.82) is 0 Å². The van der Waals surface area contributed by atoms with Gasteiger partial charge in [-0.2, -0.15) is 74.9 Å². The molecule has 1 radical (unpaired) electrons. The molecule has 14 heteroatoms. The van der Waals surface area contributed by atoms with E-state index in [4.69, 9.17) is 0 Å². The molecule has 4 heterocycles. The van der Waals surface area contributed by atoms with Crippen molar-refractivity contribution in [2.75, 3.05) is 0 Å². The Balaban J connectivity index is 0.000000199. The number of hydrogen-bond donors (Lipinski definition) is 0. The van der Waals surface area contributed by atoms with Crippen LogP contribution in [0.4, 0.5) is 26.3 Å². The summed E-state index contributed by atoms with van der Waals surface area (Å²) >= 11 is 0. The fourth-order valence-electron chi connectivity index (χ4n) is 4.28. The summed E-state index contributed by atoms with van der Waals surface area (Å²) in [7, 11) is 3.60. The molecule has 6 rings (SSSR count). The Morgan fingerprint density at radius 3 is 1.50 bits per heavy atom. The molecule has 0 saturated carbocycles. The van der Waals surface area contributed by atoms with Crippen LogP contribution >= 0.6 is 0 Å². The minimum atomic E-state index is -4.35. The van der Waals surface area contributed by atoms with Gasteiger partial charge >= 0.3 is 12.4 Å². The summed E-state index contributed by atoms with van der Waals surface area (Å²) in [5.41, 5.74) is 4.58. The predicted octanol–water partition coefficient (Wildman–Crippen LogP) is 6.17. The summed E-state index contributed by atoms with van der Waals surface area (Å²) in [5, 5.41) is 7.58. The standard InChI is InChI=1S/2C13H12F3N2.C8H6N3.Ir/c2*1-9-10(2)18(8-17(9)3)12-6-4-5-11(7-12)13(14,15)16;1-2-5-9-7(3-1)8-4-6-10-11-8;/h2*4-5,7H,1-3H3;1-6H;/q3*-1;. The van der Waals surface area contributed by atoms with Crippen LogP contribution in [0.25, 0.3) is 22.8 Å². The molecule has 7 nitrogen and oxygen atoms in total. The van der Waals surface area contributed by atoms with Crippen LogP contribution < -0.4 is 14.2 Å². The first-order chi connectivity index (χ1) is 22.1. The van der Waals surface area contributed by atoms with Crippen LogP contribution in [0.1, 0.15) is 33.9 Å². The molecule has 4 aromatic heterocycles. The maximum Gasteiger partial charge on any atom is 0.394 e. The van der Waals surface area contributed by atoms with Crippen molar-refractivity contribution in [2.24, 2.45) is 14.1 Å². The van der Waals surface area contributed by atoms with Gasteiger partial charge in [-0.25, -0.2) is 0 Å². The number of aromatic nitrogens is 7. The van der Waals surface area contributed by atoms with E-state index in [1.807, 2.05) is 52.0 Å². The molecule has 0 atom stereocenters. The Bertz CT molecular complexity index is 1820. The molecule has 0 unspecified atom stereocenters. The van der Waals surface area contributed by atoms with E-state index in [9.17, 15) is 26.3 Å². The third-order valence-corrected chi connectivity index (χ3v) is 7.33. The van der Waals surface area contributed by atoms with Gasteiger partial charge in [0.25, 0.3) is 0 Å². The minimum Gasteiger partial charge on any atom is -0.574 e. The second-order valence-electron chi connectivity index (χ2n) is 10.4. The summed E-state index contributed by atoms with van der Waals surface area (Å²) in [4.78, 5) is 4.12. The molecule has 6 aromatic rings. The van der Waals surface area contributed by atoms with Gasteiger partial charge in [0.05, 0.1) is 14.1 Å². The molecule has 0 aliphatic rings. The van der Waals surface area contributed by atoms with Crippen LogP contribution in [0, 0.1) is 52.5 Å². The van der Waals surface area contributed by atoms with E-state index in [0.29, 0.717) is 11.4 Å². The Hall–Kier alpha value is -4.55. The van der Waals surface area contributed by atoms with E-state index in [0.717, 1.165) is 58.4 Å². The summed E-state index contributed by atoms with van der Waals surface area (Å²) in [6, 6.07) is 19.9. The zero-order valence-corrected chi connectivity index (χ0v) is 29.1. The van der Waals surface area contributed by atoms with E-state index >= 15 is 0 Å². The van der Waals surface area contributed by atoms with Gasteiger partial charge in [0, 0.05) is 61.0 Å². The van der Waals surface area contributed by atoms with Gasteiger partial charge in [-0.3, -0.25) is 4.98 Å². The molecule has 0 bridgehead atoms. The molecule has 0 spiro atoms. The average molecular weight is 843 g/mol. The number of aryl methyl sites for hydroxylation is 2. The van der Waals surface area contributed by atoms with Crippen molar-refractivity contribution in [3.8, 4) is 22.8 Å². The predicted molar refractivity (Wildman–Crippen MR) is 159 cm³/mol. The van der Waals surface area contributed by atoms with Crippen molar-refractivity contribution < 1.29 is 55.6 Å². The molecule has 255 valence electrons. The zero-order valence-electron chi connectivity index (χ0n) is 26.7. The molecule has 0 amide bonds. The fourth-order valence-corrected chi connectivity index (χ4v) is 4.28. The Labute approximate surface area is 287 Å². The van der Waals surface area contributed by atoms with E-state index in [1.54, 1.807) is 44.8 Å². The average Bonchev–Trinajstić information content (AvgIpc) is 3.74. The van der Waals surface area contributed by atoms with Crippen LogP contribution in [0.15, 0.2) is 73.1 Å². The van der Waals surface area contributed by atoms with E-state index in [-0.39, 0.29) is 20.1 Å². The number of imidazole rings is 2. The van der Waals surface area contributed by atoms with Crippen LogP contribution in [0.3, 0.4) is 0 Å². The van der Waals surface area contributed by atoms with E-state index in [2.05, 4.69) is 40.0 Å². The van der Waals surface area contributed by atoms with Gasteiger partial charge in [-0.15, -0.1) is 0 Å². The molecule has 0 aliphatic heterocycles. The Morgan fingerprint density at radius 2 is 1.17 bits per heavy atom. The molecule has 0 fully saturated rings. The second kappa shape index (κ2) is 15.6. The molecule has 0 saturated heterocycles. The fraction of sp³-hybridized carbons (Fsp3) is 0.235. The summed E-state index contributed by atoms with van der Waals surface area (Å²) in [5.74, 6) is 0. The third kappa shape index (κ3) is 9.07. The van der Waals surface area contributed by atoms with Crippen molar-refractivity contribution in [2.45, 2.75) is 40.0 Å². The topological polar surface area (TPSA) is 57.5 Å². The summed E-state index contributed by atoms with van der Waals surface area (Å²) < 4.78 is 82.4. The number of benzene rings is 2. The maximum atomic E-state index is 12.6. The van der Waals surface area contributed by atoms with E-state index < -0.39 is 23.5 Å². The molecular weight excluding hydrogens is 813 g/mol. The van der Waals surface area contributed by atoms with Crippen LogP contribution in [0.5, 0.6) is 0 Å². The van der Waals surface area contributed by atoms with Crippen LogP contribution in [-0.4, -0.2) is 19.2 Å². The Morgan fingerprint density at radius 1 is 0.688 bits per heavy atom. The third-order valence-electron chi connectivity index (χ3n) is 7.33. The number of pyridine rings is 1. The number of alkyl halides is 6. The van der Waals surface area contributed by atoms with Crippen molar-refractivity contribution in [3.05, 3.63) is 132 Å². The monoisotopic (exact) mass is 843 g/mol. The van der Waals surface area contributed by atoms with Crippen molar-refractivity contribution >= 4 is 0 Å². The molecule has 2 aromatic carbocycles. The second-order valence-corrected chi connectivity index (χ2v) is 10.4. The smallest absolute Gasteiger partial charge is 0.394 e. The van der Waals surface area contributed by atoms with Crippen LogP contribution in [-0.2, 0) is 46.6 Å². The quantitative estimate of drug-likeness (QED) is 0.122. The van der Waals surface area contributed by atoms with Gasteiger partial charge in [0.15, 0.2) is 0 Å². The number of hydrogen-bond acceptors (Lipinski definition) is 2. The van der Waals surface area contributed by atoms with Crippen molar-refractivity contribution in [3.63, 3.8) is 0 Å². The van der Waals surface area contributed by atoms with Gasteiger partial charge in [0.1, 0.15) is 0 Å². The SMILES string of the molecule is Cc1c(C)[n+](C)[c-]n1-c1[c-]ccc(C(F)(F)F)c1.Cc1c(C)[n+](C)[c-]n1-c1[c-]ccc(C(F)(F)F)c1.[Ir].c1ccc(-c2ccn[n-]2)nc1. The summed E-state index contributed by atoms with van der Waals surface area (Å²) in [6.45, 7) is 7.44. The van der Waals surface area contributed by atoms with E-state index in [1.165, 1.54) is 12.1 Å². The zero-order chi connectivity index (χ0) is 34.5. The van der Waals surface area contributed by atoms with Gasteiger partial charge in [0.2, 0.25) is 12.7 Å². The maximum absolute atomic E-state index is 12.6. The Kier molecular flexibility index (Phi) is 12.3. The number of rotatable bonds is 3. The molecule has 0 aliphatic carbocycles. The first-order valence-corrected chi connectivity index (χ1v) is 14.1. The van der Waals surface area contributed by atoms with Gasteiger partial charge < -0.3 is 28.5 Å². The summed E-state index contributed by atoms with van der Waals surface area (Å²) in [6.07, 6.45) is 0.591. The first kappa shape index (κ1) is 37.9. The molecular formula is C34H30F6IrN7-3. The molecule has 48 heavy (non-hydrogen) atoms. The van der Waals surface area contributed by atoms with Gasteiger partial charge in [-0.05, 0) is 39.8 Å².